The number of fused-ring (bicyclic) bond motifs is 4. The zero-order chi connectivity index (χ0) is 21.8. The fraction of sp³-hybridized carbons (Fsp3) is 0. The molecule has 0 saturated carbocycles. The van der Waals surface area contributed by atoms with Gasteiger partial charge in [-0.05, 0) is 57.9 Å². The molecule has 0 radical (unpaired) electrons. The van der Waals surface area contributed by atoms with E-state index in [-0.39, 0.29) is 6.71 Å². The van der Waals surface area contributed by atoms with Crippen molar-refractivity contribution in [3.63, 3.8) is 0 Å². The molecule has 4 aromatic carbocycles. The van der Waals surface area contributed by atoms with Crippen molar-refractivity contribution in [1.29, 1.82) is 0 Å². The van der Waals surface area contributed by atoms with Crippen LogP contribution in [0.2, 0.25) is 0 Å². The molecule has 0 unspecified atom stereocenters. The predicted octanol–water partition coefficient (Wildman–Crippen LogP) is 5.14. The van der Waals surface area contributed by atoms with Gasteiger partial charge in [-0.1, -0.05) is 66.7 Å². The Morgan fingerprint density at radius 1 is 0.515 bits per heavy atom. The van der Waals surface area contributed by atoms with Crippen molar-refractivity contribution >= 4 is 23.1 Å². The van der Waals surface area contributed by atoms with Crippen LogP contribution in [0.25, 0.3) is 22.3 Å². The maximum atomic E-state index is 6.56. The zero-order valence-electron chi connectivity index (χ0n) is 17.7. The molecule has 5 aromatic rings. The standard InChI is InChI=1S/C29H18BNO2/c1-2-7-19(8-3-1)20-12-13-24-26(15-20)33-28-17-22(21-9-6-14-31-18-21)16-27-29(28)30(24)23-10-4-5-11-25(23)32-27/h1-18H. The lowest BCUT2D eigenvalue weighted by Gasteiger charge is -2.33. The van der Waals surface area contributed by atoms with Crippen LogP contribution in [-0.2, 0) is 0 Å². The Hall–Kier alpha value is -4.31. The smallest absolute Gasteiger partial charge is 0.260 e. The molecule has 0 fully saturated rings. The molecule has 0 spiro atoms. The summed E-state index contributed by atoms with van der Waals surface area (Å²) in [5, 5.41) is 0. The maximum absolute atomic E-state index is 6.56. The summed E-state index contributed by atoms with van der Waals surface area (Å²) < 4.78 is 13.0. The highest BCUT2D eigenvalue weighted by Gasteiger charge is 2.40. The molecule has 0 N–H and O–H groups in total. The summed E-state index contributed by atoms with van der Waals surface area (Å²) in [7, 11) is 0. The van der Waals surface area contributed by atoms with E-state index < -0.39 is 0 Å². The fourth-order valence-corrected chi connectivity index (χ4v) is 4.95. The minimum absolute atomic E-state index is 0.0662. The Kier molecular flexibility index (Phi) is 3.94. The second kappa shape index (κ2) is 7.11. The third kappa shape index (κ3) is 2.88. The van der Waals surface area contributed by atoms with Crippen LogP contribution in [0.4, 0.5) is 0 Å². The molecule has 4 heteroatoms. The second-order valence-corrected chi connectivity index (χ2v) is 8.42. The van der Waals surface area contributed by atoms with Crippen LogP contribution in [-0.4, -0.2) is 11.7 Å². The number of nitrogens with zero attached hydrogens (tertiary/aromatic N) is 1. The highest BCUT2D eigenvalue weighted by atomic mass is 16.5. The molecule has 2 aliphatic rings. The largest absolute Gasteiger partial charge is 0.458 e. The Morgan fingerprint density at radius 2 is 1.21 bits per heavy atom. The number of aromatic nitrogens is 1. The van der Waals surface area contributed by atoms with Crippen LogP contribution < -0.4 is 25.9 Å². The first kappa shape index (κ1) is 18.3. The number of para-hydroxylation sites is 1. The molecular weight excluding hydrogens is 405 g/mol. The number of hydrogen-bond donors (Lipinski definition) is 0. The highest BCUT2D eigenvalue weighted by Crippen LogP contribution is 2.38. The number of ether oxygens (including phenoxy) is 2. The summed E-state index contributed by atoms with van der Waals surface area (Å²) in [6.07, 6.45) is 3.65. The van der Waals surface area contributed by atoms with E-state index in [0.717, 1.165) is 56.1 Å². The Bertz CT molecular complexity index is 1520. The topological polar surface area (TPSA) is 31.4 Å². The summed E-state index contributed by atoms with van der Waals surface area (Å²) in [5.41, 5.74) is 7.78. The van der Waals surface area contributed by atoms with Gasteiger partial charge in [0.25, 0.3) is 6.71 Å². The van der Waals surface area contributed by atoms with Crippen molar-refractivity contribution < 1.29 is 9.47 Å². The molecule has 3 heterocycles. The van der Waals surface area contributed by atoms with Crippen LogP contribution in [0.15, 0.2) is 109 Å². The van der Waals surface area contributed by atoms with Crippen LogP contribution in [0, 0.1) is 0 Å². The number of hydrogen-bond acceptors (Lipinski definition) is 3. The quantitative estimate of drug-likeness (QED) is 0.361. The van der Waals surface area contributed by atoms with E-state index in [4.69, 9.17) is 9.47 Å². The molecule has 0 bridgehead atoms. The van der Waals surface area contributed by atoms with Gasteiger partial charge >= 0.3 is 0 Å². The van der Waals surface area contributed by atoms with Gasteiger partial charge in [0, 0.05) is 23.4 Å². The first-order valence-electron chi connectivity index (χ1n) is 11.1. The maximum Gasteiger partial charge on any atom is 0.260 e. The van der Waals surface area contributed by atoms with E-state index >= 15 is 0 Å². The third-order valence-electron chi connectivity index (χ3n) is 6.49. The lowest BCUT2D eigenvalue weighted by Crippen LogP contribution is -2.57. The van der Waals surface area contributed by atoms with Crippen molar-refractivity contribution in [2.75, 3.05) is 0 Å². The fourth-order valence-electron chi connectivity index (χ4n) is 4.95. The van der Waals surface area contributed by atoms with E-state index in [0.29, 0.717) is 0 Å². The molecule has 2 aliphatic heterocycles. The molecule has 0 aliphatic carbocycles. The average molecular weight is 423 g/mol. The van der Waals surface area contributed by atoms with Crippen molar-refractivity contribution in [3.05, 3.63) is 109 Å². The van der Waals surface area contributed by atoms with E-state index in [2.05, 4.69) is 77.8 Å². The van der Waals surface area contributed by atoms with Gasteiger partial charge in [-0.15, -0.1) is 0 Å². The summed E-state index contributed by atoms with van der Waals surface area (Å²) in [6, 6.07) is 33.5. The summed E-state index contributed by atoms with van der Waals surface area (Å²) >= 11 is 0. The minimum Gasteiger partial charge on any atom is -0.458 e. The van der Waals surface area contributed by atoms with Crippen molar-refractivity contribution in [2.24, 2.45) is 0 Å². The molecule has 0 amide bonds. The van der Waals surface area contributed by atoms with Crippen LogP contribution in [0.1, 0.15) is 0 Å². The molecule has 0 atom stereocenters. The predicted molar refractivity (Wildman–Crippen MR) is 133 cm³/mol. The minimum atomic E-state index is 0.0662. The van der Waals surface area contributed by atoms with Gasteiger partial charge in [0.15, 0.2) is 0 Å². The van der Waals surface area contributed by atoms with Crippen molar-refractivity contribution in [1.82, 2.24) is 4.98 Å². The third-order valence-corrected chi connectivity index (χ3v) is 6.49. The van der Waals surface area contributed by atoms with E-state index in [1.807, 2.05) is 30.5 Å². The average Bonchev–Trinajstić information content (AvgIpc) is 2.89. The molecule has 3 nitrogen and oxygen atoms in total. The molecule has 33 heavy (non-hydrogen) atoms. The summed E-state index contributed by atoms with van der Waals surface area (Å²) in [4.78, 5) is 4.29. The first-order chi connectivity index (χ1) is 16.3. The monoisotopic (exact) mass is 423 g/mol. The molecule has 0 saturated heterocycles. The Morgan fingerprint density at radius 3 is 2.03 bits per heavy atom. The van der Waals surface area contributed by atoms with Gasteiger partial charge < -0.3 is 9.47 Å². The Balaban J connectivity index is 1.45. The SMILES string of the molecule is c1ccc(-c2ccc3c(c2)Oc2cc(-c4cccnc4)cc4c2B3c2ccccc2O4)cc1. The van der Waals surface area contributed by atoms with Gasteiger partial charge in [0.1, 0.15) is 23.0 Å². The molecule has 7 rings (SSSR count). The normalized spacial score (nSPS) is 12.7. The lowest BCUT2D eigenvalue weighted by atomic mass is 9.35. The number of benzene rings is 4. The number of rotatable bonds is 2. The van der Waals surface area contributed by atoms with Gasteiger partial charge in [-0.3, -0.25) is 4.98 Å². The van der Waals surface area contributed by atoms with Gasteiger partial charge in [-0.2, -0.15) is 0 Å². The summed E-state index contributed by atoms with van der Waals surface area (Å²) in [5.74, 6) is 3.46. The van der Waals surface area contributed by atoms with E-state index in [1.165, 1.54) is 5.56 Å². The van der Waals surface area contributed by atoms with Crippen LogP contribution in [0.3, 0.4) is 0 Å². The molecular formula is C29H18BNO2. The van der Waals surface area contributed by atoms with E-state index in [9.17, 15) is 0 Å². The lowest BCUT2D eigenvalue weighted by molar-refractivity contribution is 0.465. The molecule has 154 valence electrons. The van der Waals surface area contributed by atoms with Crippen LogP contribution in [0.5, 0.6) is 23.0 Å². The number of pyridine rings is 1. The van der Waals surface area contributed by atoms with E-state index in [1.54, 1.807) is 6.20 Å². The Labute approximate surface area is 192 Å². The second-order valence-electron chi connectivity index (χ2n) is 8.42. The first-order valence-corrected chi connectivity index (χ1v) is 11.1. The van der Waals surface area contributed by atoms with Gasteiger partial charge in [-0.25, -0.2) is 0 Å². The van der Waals surface area contributed by atoms with Crippen molar-refractivity contribution in [3.8, 4) is 45.3 Å². The van der Waals surface area contributed by atoms with Gasteiger partial charge in [0.2, 0.25) is 0 Å². The highest BCUT2D eigenvalue weighted by molar-refractivity contribution is 6.98. The summed E-state index contributed by atoms with van der Waals surface area (Å²) in [6.45, 7) is 0.0662. The van der Waals surface area contributed by atoms with Gasteiger partial charge in [0.05, 0.1) is 0 Å². The van der Waals surface area contributed by atoms with Crippen molar-refractivity contribution in [2.45, 2.75) is 0 Å². The molecule has 1 aromatic heterocycles. The zero-order valence-corrected chi connectivity index (χ0v) is 17.7. The van der Waals surface area contributed by atoms with Crippen LogP contribution >= 0.6 is 0 Å².